The van der Waals surface area contributed by atoms with Crippen molar-refractivity contribution in [1.82, 2.24) is 9.88 Å². The van der Waals surface area contributed by atoms with Gasteiger partial charge in [0.15, 0.2) is 0 Å². The van der Waals surface area contributed by atoms with E-state index in [2.05, 4.69) is 10.3 Å². The molecule has 2 amide bonds. The van der Waals surface area contributed by atoms with Crippen LogP contribution in [0.25, 0.3) is 10.9 Å². The number of likely N-dealkylation sites (tertiary alicyclic amines) is 1. The van der Waals surface area contributed by atoms with Crippen molar-refractivity contribution >= 4 is 22.6 Å². The first kappa shape index (κ1) is 16.3. The van der Waals surface area contributed by atoms with E-state index in [-0.39, 0.29) is 17.8 Å². The van der Waals surface area contributed by atoms with Crippen LogP contribution in [-0.2, 0) is 0 Å². The molecule has 0 radical (unpaired) electrons. The highest BCUT2D eigenvalue weighted by Crippen LogP contribution is 2.21. The van der Waals surface area contributed by atoms with Gasteiger partial charge in [-0.15, -0.1) is 0 Å². The Labute approximate surface area is 150 Å². The number of nitrogens with one attached hydrogen (secondary N) is 1. The zero-order valence-electron chi connectivity index (χ0n) is 14.1. The van der Waals surface area contributed by atoms with E-state index < -0.39 is 5.82 Å². The molecule has 5 nitrogen and oxygen atoms in total. The average Bonchev–Trinajstić information content (AvgIpc) is 3.12. The Morgan fingerprint density at radius 3 is 2.81 bits per heavy atom. The molecule has 3 aromatic rings. The number of pyridine rings is 1. The van der Waals surface area contributed by atoms with E-state index in [0.29, 0.717) is 25.4 Å². The number of rotatable bonds is 3. The number of fused-ring (bicyclic) bond motifs is 1. The molecule has 6 heteroatoms. The van der Waals surface area contributed by atoms with Gasteiger partial charge in [-0.25, -0.2) is 14.2 Å². The van der Waals surface area contributed by atoms with Gasteiger partial charge in [-0.1, -0.05) is 30.3 Å². The van der Waals surface area contributed by atoms with Crippen molar-refractivity contribution in [3.63, 3.8) is 0 Å². The first-order valence-electron chi connectivity index (χ1n) is 8.52. The molecule has 1 fully saturated rings. The smallest absolute Gasteiger partial charge is 0.322 e. The summed E-state index contributed by atoms with van der Waals surface area (Å²) in [6.45, 7) is 0.993. The fraction of sp³-hybridized carbons (Fsp3) is 0.200. The normalized spacial score (nSPS) is 16.7. The summed E-state index contributed by atoms with van der Waals surface area (Å²) in [4.78, 5) is 18.4. The molecule has 1 aliphatic rings. The summed E-state index contributed by atoms with van der Waals surface area (Å²) in [5.41, 5.74) is 1.05. The van der Waals surface area contributed by atoms with E-state index >= 15 is 0 Å². The number of aromatic nitrogens is 1. The lowest BCUT2D eigenvalue weighted by atomic mass is 10.2. The van der Waals surface area contributed by atoms with Crippen LogP contribution in [-0.4, -0.2) is 35.1 Å². The number of carbonyl (C=O) groups is 1. The third-order valence-corrected chi connectivity index (χ3v) is 4.41. The molecule has 2 aromatic carbocycles. The molecule has 0 aliphatic carbocycles. The fourth-order valence-corrected chi connectivity index (χ4v) is 3.05. The Hall–Kier alpha value is -3.15. The quantitative estimate of drug-likeness (QED) is 0.774. The van der Waals surface area contributed by atoms with Crippen molar-refractivity contribution in [2.24, 2.45) is 0 Å². The van der Waals surface area contributed by atoms with Gasteiger partial charge in [-0.05, 0) is 24.3 Å². The van der Waals surface area contributed by atoms with Gasteiger partial charge < -0.3 is 15.0 Å². The molecule has 1 atom stereocenters. The number of nitrogens with zero attached hydrogens (tertiary/aromatic N) is 2. The van der Waals surface area contributed by atoms with Crippen LogP contribution >= 0.6 is 0 Å². The van der Waals surface area contributed by atoms with Crippen LogP contribution in [0.5, 0.6) is 5.88 Å². The van der Waals surface area contributed by atoms with Gasteiger partial charge >= 0.3 is 6.03 Å². The topological polar surface area (TPSA) is 54.5 Å². The molecule has 0 spiro atoms. The molecule has 2 heterocycles. The number of anilines is 1. The van der Waals surface area contributed by atoms with Crippen LogP contribution in [0.2, 0.25) is 0 Å². The number of hydrogen-bond acceptors (Lipinski definition) is 3. The second-order valence-corrected chi connectivity index (χ2v) is 6.23. The van der Waals surface area contributed by atoms with Crippen molar-refractivity contribution in [1.29, 1.82) is 0 Å². The first-order chi connectivity index (χ1) is 12.7. The second-order valence-electron chi connectivity index (χ2n) is 6.23. The third-order valence-electron chi connectivity index (χ3n) is 4.41. The zero-order chi connectivity index (χ0) is 17.9. The van der Waals surface area contributed by atoms with Gasteiger partial charge in [0.2, 0.25) is 5.88 Å². The molecule has 1 N–H and O–H groups in total. The van der Waals surface area contributed by atoms with Gasteiger partial charge in [-0.2, -0.15) is 0 Å². The average molecular weight is 351 g/mol. The molecule has 0 bridgehead atoms. The summed E-state index contributed by atoms with van der Waals surface area (Å²) < 4.78 is 19.6. The summed E-state index contributed by atoms with van der Waals surface area (Å²) in [5.74, 6) is 0.0956. The largest absolute Gasteiger partial charge is 0.472 e. The van der Waals surface area contributed by atoms with Gasteiger partial charge in [0.1, 0.15) is 11.9 Å². The Bertz CT molecular complexity index is 947. The number of amides is 2. The number of halogens is 1. The summed E-state index contributed by atoms with van der Waals surface area (Å²) in [6, 6.07) is 17.4. The van der Waals surface area contributed by atoms with Crippen LogP contribution in [0.15, 0.2) is 60.7 Å². The Morgan fingerprint density at radius 1 is 1.12 bits per heavy atom. The summed E-state index contributed by atoms with van der Waals surface area (Å²) in [5, 5.41) is 3.65. The van der Waals surface area contributed by atoms with Crippen LogP contribution < -0.4 is 10.1 Å². The maximum Gasteiger partial charge on any atom is 0.322 e. The van der Waals surface area contributed by atoms with E-state index in [4.69, 9.17) is 4.74 Å². The molecule has 0 saturated carbocycles. The van der Waals surface area contributed by atoms with E-state index in [1.165, 1.54) is 12.1 Å². The molecule has 1 aromatic heterocycles. The van der Waals surface area contributed by atoms with E-state index in [0.717, 1.165) is 10.9 Å². The first-order valence-corrected chi connectivity index (χ1v) is 8.52. The predicted molar refractivity (Wildman–Crippen MR) is 97.8 cm³/mol. The SMILES string of the molecule is O=C(Nc1ccccc1F)N1CCC(Oc2ccc3ccccc3n2)C1. The van der Waals surface area contributed by atoms with Gasteiger partial charge in [0, 0.05) is 24.4 Å². The molecule has 1 unspecified atom stereocenters. The number of para-hydroxylation sites is 2. The summed E-state index contributed by atoms with van der Waals surface area (Å²) in [7, 11) is 0. The molecule has 132 valence electrons. The highest BCUT2D eigenvalue weighted by molar-refractivity contribution is 5.89. The van der Waals surface area contributed by atoms with Crippen LogP contribution in [0, 0.1) is 5.82 Å². The summed E-state index contributed by atoms with van der Waals surface area (Å²) >= 11 is 0. The Morgan fingerprint density at radius 2 is 1.92 bits per heavy atom. The maximum atomic E-state index is 13.7. The lowest BCUT2D eigenvalue weighted by molar-refractivity contribution is 0.190. The monoisotopic (exact) mass is 351 g/mol. The molecular weight excluding hydrogens is 333 g/mol. The van der Waals surface area contributed by atoms with Crippen molar-refractivity contribution < 1.29 is 13.9 Å². The number of benzene rings is 2. The minimum Gasteiger partial charge on any atom is -0.472 e. The Balaban J connectivity index is 1.38. The Kier molecular flexibility index (Phi) is 4.39. The maximum absolute atomic E-state index is 13.7. The van der Waals surface area contributed by atoms with Crippen LogP contribution in [0.3, 0.4) is 0 Å². The van der Waals surface area contributed by atoms with Crippen molar-refractivity contribution in [2.75, 3.05) is 18.4 Å². The highest BCUT2D eigenvalue weighted by Gasteiger charge is 2.28. The van der Waals surface area contributed by atoms with Crippen LogP contribution in [0.4, 0.5) is 14.9 Å². The molecule has 1 aliphatic heterocycles. The predicted octanol–water partition coefficient (Wildman–Crippen LogP) is 4.06. The van der Waals surface area contributed by atoms with Crippen molar-refractivity contribution in [3.05, 3.63) is 66.5 Å². The zero-order valence-corrected chi connectivity index (χ0v) is 14.1. The van der Waals surface area contributed by atoms with Gasteiger partial charge in [0.25, 0.3) is 0 Å². The van der Waals surface area contributed by atoms with E-state index in [1.807, 2.05) is 36.4 Å². The van der Waals surface area contributed by atoms with Crippen molar-refractivity contribution in [2.45, 2.75) is 12.5 Å². The number of carbonyl (C=O) groups excluding carboxylic acids is 1. The fourth-order valence-electron chi connectivity index (χ4n) is 3.05. The molecular formula is C20H18FN3O2. The minimum atomic E-state index is -0.451. The third kappa shape index (κ3) is 3.44. The highest BCUT2D eigenvalue weighted by atomic mass is 19.1. The van der Waals surface area contributed by atoms with E-state index in [1.54, 1.807) is 17.0 Å². The number of urea groups is 1. The molecule has 4 rings (SSSR count). The second kappa shape index (κ2) is 7.00. The molecule has 26 heavy (non-hydrogen) atoms. The van der Waals surface area contributed by atoms with Crippen molar-refractivity contribution in [3.8, 4) is 5.88 Å². The van der Waals surface area contributed by atoms with Crippen LogP contribution in [0.1, 0.15) is 6.42 Å². The van der Waals surface area contributed by atoms with E-state index in [9.17, 15) is 9.18 Å². The number of hydrogen-bond donors (Lipinski definition) is 1. The standard InChI is InChI=1S/C20H18FN3O2/c21-16-6-2-4-8-18(16)23-20(25)24-12-11-15(13-24)26-19-10-9-14-5-1-3-7-17(14)22-19/h1-10,15H,11-13H2,(H,23,25). The lowest BCUT2D eigenvalue weighted by Gasteiger charge is -2.18. The summed E-state index contributed by atoms with van der Waals surface area (Å²) in [6.07, 6.45) is 0.578. The van der Waals surface area contributed by atoms with Gasteiger partial charge in [0.05, 0.1) is 17.7 Å². The molecule has 1 saturated heterocycles. The lowest BCUT2D eigenvalue weighted by Crippen LogP contribution is -2.34. The number of ether oxygens (including phenoxy) is 1. The minimum absolute atomic E-state index is 0.130. The van der Waals surface area contributed by atoms with Gasteiger partial charge in [-0.3, -0.25) is 0 Å².